The Balaban J connectivity index is 0.00000180. The minimum absolute atomic E-state index is 0. The van der Waals surface area contributed by atoms with Crippen molar-refractivity contribution in [3.63, 3.8) is 0 Å². The molecular weight excluding hydrogens is 299 g/mol. The number of carbonyl (C=O) groups is 1. The van der Waals surface area contributed by atoms with E-state index in [0.29, 0.717) is 0 Å². The summed E-state index contributed by atoms with van der Waals surface area (Å²) in [6.45, 7) is 6.62. The Morgan fingerprint density at radius 3 is 2.45 bits per heavy atom. The highest BCUT2D eigenvalue weighted by molar-refractivity contribution is 5.85. The van der Waals surface area contributed by atoms with Crippen LogP contribution in [0, 0.1) is 13.8 Å². The number of nitrogens with two attached hydrogens (primary N) is 1. The Morgan fingerprint density at radius 1 is 1.40 bits per heavy atom. The van der Waals surface area contributed by atoms with Crippen LogP contribution in [0.25, 0.3) is 0 Å². The third kappa shape index (κ3) is 3.27. The van der Waals surface area contributed by atoms with Crippen LogP contribution in [0.1, 0.15) is 42.8 Å². The lowest BCUT2D eigenvalue weighted by Gasteiger charge is -2.26. The molecule has 0 bridgehead atoms. The molecule has 116 valence electrons. The molecule has 0 spiro atoms. The van der Waals surface area contributed by atoms with E-state index < -0.39 is 6.04 Å². The molecule has 1 aromatic rings. The molecule has 2 rings (SSSR count). The standard InChI is InChI=1S/C13H22N4O.2ClH/c1-8(14)13(18)17-7-5-6-11(17)12-9(2)15-16(4)10(12)3;;/h8,11H,5-7,14H2,1-4H3;2*1H/t8-,11?;;/m1../s1. The average molecular weight is 323 g/mol. The van der Waals surface area contributed by atoms with Gasteiger partial charge in [-0.05, 0) is 33.6 Å². The molecule has 0 saturated carbocycles. The summed E-state index contributed by atoms with van der Waals surface area (Å²) in [5.41, 5.74) is 9.08. The number of likely N-dealkylation sites (tertiary alicyclic amines) is 1. The minimum atomic E-state index is -0.428. The van der Waals surface area contributed by atoms with Gasteiger partial charge in [0.25, 0.3) is 0 Å². The van der Waals surface area contributed by atoms with Gasteiger partial charge in [-0.3, -0.25) is 9.48 Å². The van der Waals surface area contributed by atoms with Gasteiger partial charge >= 0.3 is 0 Å². The largest absolute Gasteiger partial charge is 0.334 e. The van der Waals surface area contributed by atoms with E-state index in [4.69, 9.17) is 5.73 Å². The van der Waals surface area contributed by atoms with Crippen LogP contribution in [0.3, 0.4) is 0 Å². The Kier molecular flexibility index (Phi) is 7.01. The summed E-state index contributed by atoms with van der Waals surface area (Å²) < 4.78 is 1.89. The van der Waals surface area contributed by atoms with Gasteiger partial charge in [-0.1, -0.05) is 0 Å². The van der Waals surface area contributed by atoms with E-state index in [9.17, 15) is 4.79 Å². The lowest BCUT2D eigenvalue weighted by atomic mass is 10.0. The first-order valence-electron chi connectivity index (χ1n) is 6.49. The number of carbonyl (C=O) groups excluding carboxylic acids is 1. The fraction of sp³-hybridized carbons (Fsp3) is 0.692. The number of nitrogens with zero attached hydrogens (tertiary/aromatic N) is 3. The van der Waals surface area contributed by atoms with Crippen molar-refractivity contribution in [2.45, 2.75) is 45.7 Å². The molecule has 1 aliphatic rings. The van der Waals surface area contributed by atoms with E-state index in [1.807, 2.05) is 23.6 Å². The highest BCUT2D eigenvalue weighted by atomic mass is 35.5. The summed E-state index contributed by atoms with van der Waals surface area (Å²) >= 11 is 0. The van der Waals surface area contributed by atoms with Gasteiger partial charge in [0.05, 0.1) is 17.8 Å². The van der Waals surface area contributed by atoms with E-state index >= 15 is 0 Å². The van der Waals surface area contributed by atoms with Gasteiger partial charge in [0.2, 0.25) is 5.91 Å². The maximum Gasteiger partial charge on any atom is 0.239 e. The first-order valence-corrected chi connectivity index (χ1v) is 6.49. The number of aromatic nitrogens is 2. The van der Waals surface area contributed by atoms with Crippen LogP contribution < -0.4 is 5.73 Å². The van der Waals surface area contributed by atoms with Crippen molar-refractivity contribution in [2.24, 2.45) is 12.8 Å². The molecular formula is C13H24Cl2N4O. The number of rotatable bonds is 2. The van der Waals surface area contributed by atoms with Crippen LogP contribution in [-0.2, 0) is 11.8 Å². The Bertz CT molecular complexity index is 473. The molecule has 2 N–H and O–H groups in total. The second-order valence-corrected chi connectivity index (χ2v) is 5.19. The van der Waals surface area contributed by atoms with E-state index in [-0.39, 0.29) is 36.8 Å². The first kappa shape index (κ1) is 19.2. The van der Waals surface area contributed by atoms with E-state index in [1.165, 1.54) is 5.56 Å². The van der Waals surface area contributed by atoms with Crippen LogP contribution in [-0.4, -0.2) is 33.2 Å². The van der Waals surface area contributed by atoms with Crippen LogP contribution in [0.2, 0.25) is 0 Å². The highest BCUT2D eigenvalue weighted by Gasteiger charge is 2.34. The molecule has 1 amide bonds. The summed E-state index contributed by atoms with van der Waals surface area (Å²) in [6, 6.07) is -0.278. The van der Waals surface area contributed by atoms with Gasteiger partial charge in [0, 0.05) is 24.8 Å². The molecule has 1 unspecified atom stereocenters. The number of hydrogen-bond acceptors (Lipinski definition) is 3. The molecule has 20 heavy (non-hydrogen) atoms. The zero-order valence-electron chi connectivity index (χ0n) is 12.4. The summed E-state index contributed by atoms with van der Waals surface area (Å²) in [4.78, 5) is 14.1. The summed E-state index contributed by atoms with van der Waals surface area (Å²) in [6.07, 6.45) is 2.04. The first-order chi connectivity index (χ1) is 8.43. The Hall–Kier alpha value is -0.780. The second-order valence-electron chi connectivity index (χ2n) is 5.19. The second kappa shape index (κ2) is 7.29. The molecule has 5 nitrogen and oxygen atoms in total. The summed E-state index contributed by atoms with van der Waals surface area (Å²) in [5.74, 6) is 0.0418. The van der Waals surface area contributed by atoms with Crippen LogP contribution >= 0.6 is 24.8 Å². The van der Waals surface area contributed by atoms with Gasteiger partial charge in [-0.2, -0.15) is 5.10 Å². The average Bonchev–Trinajstić information content (AvgIpc) is 2.84. The summed E-state index contributed by atoms with van der Waals surface area (Å²) in [5, 5.41) is 4.44. The van der Waals surface area contributed by atoms with Crippen LogP contribution in [0.15, 0.2) is 0 Å². The molecule has 2 atom stereocenters. The predicted molar refractivity (Wildman–Crippen MR) is 84.5 cm³/mol. The van der Waals surface area contributed by atoms with Crippen molar-refractivity contribution >= 4 is 30.7 Å². The molecule has 1 aromatic heterocycles. The van der Waals surface area contributed by atoms with E-state index in [2.05, 4.69) is 12.0 Å². The van der Waals surface area contributed by atoms with Crippen molar-refractivity contribution in [3.05, 3.63) is 17.0 Å². The molecule has 1 fully saturated rings. The summed E-state index contributed by atoms with van der Waals surface area (Å²) in [7, 11) is 1.94. The fourth-order valence-corrected chi connectivity index (χ4v) is 2.86. The third-order valence-electron chi connectivity index (χ3n) is 3.82. The minimum Gasteiger partial charge on any atom is -0.334 e. The van der Waals surface area contributed by atoms with Crippen molar-refractivity contribution < 1.29 is 4.79 Å². The quantitative estimate of drug-likeness (QED) is 0.904. The zero-order chi connectivity index (χ0) is 13.4. The number of aryl methyl sites for hydroxylation is 2. The molecule has 0 radical (unpaired) electrons. The molecule has 1 aliphatic heterocycles. The molecule has 2 heterocycles. The number of halogens is 2. The van der Waals surface area contributed by atoms with Gasteiger partial charge in [0.1, 0.15) is 0 Å². The maximum absolute atomic E-state index is 12.1. The highest BCUT2D eigenvalue weighted by Crippen LogP contribution is 2.35. The van der Waals surface area contributed by atoms with Crippen LogP contribution in [0.4, 0.5) is 0 Å². The Morgan fingerprint density at radius 2 is 2.00 bits per heavy atom. The molecule has 7 heteroatoms. The number of amides is 1. The monoisotopic (exact) mass is 322 g/mol. The zero-order valence-corrected chi connectivity index (χ0v) is 14.1. The van der Waals surface area contributed by atoms with Crippen molar-refractivity contribution in [2.75, 3.05) is 6.54 Å². The van der Waals surface area contributed by atoms with Crippen molar-refractivity contribution in [3.8, 4) is 0 Å². The molecule has 0 aliphatic carbocycles. The maximum atomic E-state index is 12.1. The molecule has 0 aromatic carbocycles. The van der Waals surface area contributed by atoms with Crippen LogP contribution in [0.5, 0.6) is 0 Å². The predicted octanol–water partition coefficient (Wildman–Crippen LogP) is 1.89. The van der Waals surface area contributed by atoms with Gasteiger partial charge in [0.15, 0.2) is 0 Å². The van der Waals surface area contributed by atoms with Crippen molar-refractivity contribution in [1.29, 1.82) is 0 Å². The topological polar surface area (TPSA) is 64.2 Å². The molecule has 1 saturated heterocycles. The Labute approximate surface area is 132 Å². The van der Waals surface area contributed by atoms with E-state index in [1.54, 1.807) is 6.92 Å². The third-order valence-corrected chi connectivity index (χ3v) is 3.82. The SMILES string of the molecule is Cc1nn(C)c(C)c1C1CCCN1C(=O)[C@@H](C)N.Cl.Cl. The van der Waals surface area contributed by atoms with Gasteiger partial charge in [-0.25, -0.2) is 0 Å². The smallest absolute Gasteiger partial charge is 0.239 e. The number of hydrogen-bond donors (Lipinski definition) is 1. The van der Waals surface area contributed by atoms with E-state index in [0.717, 1.165) is 30.8 Å². The lowest BCUT2D eigenvalue weighted by molar-refractivity contribution is -0.133. The fourth-order valence-electron chi connectivity index (χ4n) is 2.86. The van der Waals surface area contributed by atoms with Gasteiger partial charge < -0.3 is 10.6 Å². The normalized spacial score (nSPS) is 19.2. The van der Waals surface area contributed by atoms with Gasteiger partial charge in [-0.15, -0.1) is 24.8 Å². The lowest BCUT2D eigenvalue weighted by Crippen LogP contribution is -2.41. The van der Waals surface area contributed by atoms with Crippen molar-refractivity contribution in [1.82, 2.24) is 14.7 Å².